The number of aliphatic hydroxyl groups excluding tert-OH is 1. The number of hydrogen-bond acceptors (Lipinski definition) is 3. The number of carboxylic acid groups (broad SMARTS) is 1. The van der Waals surface area contributed by atoms with Crippen LogP contribution in [0, 0.1) is 5.92 Å². The van der Waals surface area contributed by atoms with Crippen LogP contribution in [0.5, 0.6) is 0 Å². The Balaban J connectivity index is 2.18. The Morgan fingerprint density at radius 1 is 1.33 bits per heavy atom. The summed E-state index contributed by atoms with van der Waals surface area (Å²) in [6.07, 6.45) is 2.76. The Hall–Kier alpha value is -1.10. The summed E-state index contributed by atoms with van der Waals surface area (Å²) in [5.41, 5.74) is 0. The first kappa shape index (κ1) is 12.0. The Morgan fingerprint density at radius 3 is 2.67 bits per heavy atom. The molecule has 86 valence electrons. The van der Waals surface area contributed by atoms with Crippen LogP contribution in [-0.2, 0) is 9.59 Å². The van der Waals surface area contributed by atoms with E-state index in [2.05, 4.69) is 5.32 Å². The van der Waals surface area contributed by atoms with Crippen molar-refractivity contribution in [2.75, 3.05) is 6.54 Å². The average Bonchev–Trinajstić information content (AvgIpc) is 2.14. The highest BCUT2D eigenvalue weighted by molar-refractivity contribution is 5.93. The minimum Gasteiger partial charge on any atom is -0.481 e. The third-order valence-corrected chi connectivity index (χ3v) is 2.65. The van der Waals surface area contributed by atoms with Gasteiger partial charge in [-0.25, -0.2) is 0 Å². The van der Waals surface area contributed by atoms with E-state index in [0.717, 1.165) is 19.3 Å². The van der Waals surface area contributed by atoms with Crippen molar-refractivity contribution in [3.8, 4) is 0 Å². The normalized spacial score (nSPS) is 25.9. The van der Waals surface area contributed by atoms with Crippen molar-refractivity contribution in [2.24, 2.45) is 5.92 Å². The fourth-order valence-electron chi connectivity index (χ4n) is 1.91. The van der Waals surface area contributed by atoms with Gasteiger partial charge in [0.05, 0.1) is 6.10 Å². The minimum atomic E-state index is -1.11. The molecule has 0 radical (unpaired) electrons. The number of hydrogen-bond donors (Lipinski definition) is 3. The van der Waals surface area contributed by atoms with Crippen LogP contribution in [0.3, 0.4) is 0 Å². The summed E-state index contributed by atoms with van der Waals surface area (Å²) < 4.78 is 0. The number of amides is 1. The number of carboxylic acids is 1. The molecule has 3 N–H and O–H groups in total. The Bertz CT molecular complexity index is 242. The molecule has 0 bridgehead atoms. The van der Waals surface area contributed by atoms with Gasteiger partial charge in [0, 0.05) is 6.54 Å². The molecule has 0 aliphatic heterocycles. The van der Waals surface area contributed by atoms with Crippen LogP contribution in [0.25, 0.3) is 0 Å². The molecule has 1 aliphatic carbocycles. The highest BCUT2D eigenvalue weighted by atomic mass is 16.4. The molecular formula is C10H17NO4. The molecule has 5 heteroatoms. The predicted octanol–water partition coefficient (Wildman–Crippen LogP) is 0.128. The van der Waals surface area contributed by atoms with Gasteiger partial charge in [-0.1, -0.05) is 6.42 Å². The van der Waals surface area contributed by atoms with Crippen LogP contribution in [0.2, 0.25) is 0 Å². The SMILES string of the molecule is O=C(O)CC(=O)NCC1CCCC(O)C1. The fourth-order valence-corrected chi connectivity index (χ4v) is 1.91. The number of rotatable bonds is 4. The molecule has 0 aromatic rings. The number of aliphatic carboxylic acids is 1. The van der Waals surface area contributed by atoms with E-state index >= 15 is 0 Å². The summed E-state index contributed by atoms with van der Waals surface area (Å²) in [6, 6.07) is 0. The number of nitrogens with one attached hydrogen (secondary N) is 1. The lowest BCUT2D eigenvalue weighted by molar-refractivity contribution is -0.140. The standard InChI is InChI=1S/C10H17NO4/c12-8-3-1-2-7(4-8)6-11-9(13)5-10(14)15/h7-8,12H,1-6H2,(H,11,13)(H,14,15). The molecule has 15 heavy (non-hydrogen) atoms. The van der Waals surface area contributed by atoms with Crippen molar-refractivity contribution >= 4 is 11.9 Å². The van der Waals surface area contributed by atoms with Gasteiger partial charge >= 0.3 is 5.97 Å². The quantitative estimate of drug-likeness (QED) is 0.582. The molecule has 2 unspecified atom stereocenters. The molecule has 0 spiro atoms. The summed E-state index contributed by atoms with van der Waals surface area (Å²) in [5, 5.41) is 20.3. The van der Waals surface area contributed by atoms with Crippen molar-refractivity contribution in [1.29, 1.82) is 0 Å². The average molecular weight is 215 g/mol. The lowest BCUT2D eigenvalue weighted by Gasteiger charge is -2.25. The zero-order valence-corrected chi connectivity index (χ0v) is 8.61. The largest absolute Gasteiger partial charge is 0.481 e. The van der Waals surface area contributed by atoms with Crippen molar-refractivity contribution in [3.63, 3.8) is 0 Å². The first-order valence-electron chi connectivity index (χ1n) is 5.24. The number of carbonyl (C=O) groups is 2. The lowest BCUT2D eigenvalue weighted by Crippen LogP contribution is -2.33. The summed E-state index contributed by atoms with van der Waals surface area (Å²) in [7, 11) is 0. The molecule has 2 atom stereocenters. The number of carbonyl (C=O) groups excluding carboxylic acids is 1. The molecule has 0 aromatic heterocycles. The highest BCUT2D eigenvalue weighted by Gasteiger charge is 2.20. The fraction of sp³-hybridized carbons (Fsp3) is 0.800. The van der Waals surface area contributed by atoms with Gasteiger partial charge in [0.25, 0.3) is 0 Å². The van der Waals surface area contributed by atoms with Gasteiger partial charge in [-0.3, -0.25) is 9.59 Å². The van der Waals surface area contributed by atoms with Crippen LogP contribution in [0.1, 0.15) is 32.1 Å². The van der Waals surface area contributed by atoms with E-state index in [1.165, 1.54) is 0 Å². The lowest BCUT2D eigenvalue weighted by atomic mass is 9.87. The first-order chi connectivity index (χ1) is 7.08. The van der Waals surface area contributed by atoms with Crippen LogP contribution in [0.4, 0.5) is 0 Å². The number of aliphatic hydroxyl groups is 1. The van der Waals surface area contributed by atoms with Crippen molar-refractivity contribution in [3.05, 3.63) is 0 Å². The molecule has 1 amide bonds. The Kier molecular flexibility index (Phi) is 4.55. The molecular weight excluding hydrogens is 198 g/mol. The highest BCUT2D eigenvalue weighted by Crippen LogP contribution is 2.23. The second-order valence-corrected chi connectivity index (χ2v) is 4.06. The summed E-state index contributed by atoms with van der Waals surface area (Å²) >= 11 is 0. The maximum Gasteiger partial charge on any atom is 0.312 e. The third kappa shape index (κ3) is 4.78. The maximum absolute atomic E-state index is 11.0. The second-order valence-electron chi connectivity index (χ2n) is 4.06. The van der Waals surface area contributed by atoms with Crippen molar-refractivity contribution in [1.82, 2.24) is 5.32 Å². The van der Waals surface area contributed by atoms with Gasteiger partial charge in [-0.05, 0) is 25.2 Å². The monoisotopic (exact) mass is 215 g/mol. The Morgan fingerprint density at radius 2 is 2.07 bits per heavy atom. The van der Waals surface area contributed by atoms with Crippen molar-refractivity contribution in [2.45, 2.75) is 38.2 Å². The molecule has 0 heterocycles. The van der Waals surface area contributed by atoms with Gasteiger partial charge in [0.1, 0.15) is 6.42 Å². The Labute approximate surface area is 88.5 Å². The van der Waals surface area contributed by atoms with E-state index in [1.807, 2.05) is 0 Å². The summed E-state index contributed by atoms with van der Waals surface area (Å²) in [5.74, 6) is -1.29. The molecule has 0 aromatic carbocycles. The van der Waals surface area contributed by atoms with Crippen LogP contribution in [-0.4, -0.2) is 34.7 Å². The first-order valence-corrected chi connectivity index (χ1v) is 5.24. The molecule has 5 nitrogen and oxygen atoms in total. The zero-order chi connectivity index (χ0) is 11.3. The maximum atomic E-state index is 11.0. The zero-order valence-electron chi connectivity index (χ0n) is 8.61. The van der Waals surface area contributed by atoms with E-state index in [0.29, 0.717) is 13.0 Å². The molecule has 1 rings (SSSR count). The van der Waals surface area contributed by atoms with Crippen LogP contribution < -0.4 is 5.32 Å². The van der Waals surface area contributed by atoms with E-state index in [1.54, 1.807) is 0 Å². The summed E-state index contributed by atoms with van der Waals surface area (Å²) in [6.45, 7) is 0.475. The van der Waals surface area contributed by atoms with Crippen LogP contribution >= 0.6 is 0 Å². The molecule has 0 saturated heterocycles. The third-order valence-electron chi connectivity index (χ3n) is 2.65. The van der Waals surface area contributed by atoms with Gasteiger partial charge in [-0.15, -0.1) is 0 Å². The molecule has 1 saturated carbocycles. The van der Waals surface area contributed by atoms with E-state index < -0.39 is 18.3 Å². The van der Waals surface area contributed by atoms with Gasteiger partial charge in [-0.2, -0.15) is 0 Å². The van der Waals surface area contributed by atoms with E-state index in [4.69, 9.17) is 5.11 Å². The van der Waals surface area contributed by atoms with E-state index in [9.17, 15) is 14.7 Å². The van der Waals surface area contributed by atoms with Gasteiger partial charge in [0.15, 0.2) is 0 Å². The minimum absolute atomic E-state index is 0.264. The van der Waals surface area contributed by atoms with Gasteiger partial charge in [0.2, 0.25) is 5.91 Å². The topological polar surface area (TPSA) is 86.6 Å². The molecule has 1 fully saturated rings. The molecule has 1 aliphatic rings. The second kappa shape index (κ2) is 5.70. The summed E-state index contributed by atoms with van der Waals surface area (Å²) in [4.78, 5) is 21.2. The van der Waals surface area contributed by atoms with Crippen LogP contribution in [0.15, 0.2) is 0 Å². The van der Waals surface area contributed by atoms with Crippen molar-refractivity contribution < 1.29 is 19.8 Å². The van der Waals surface area contributed by atoms with Gasteiger partial charge < -0.3 is 15.5 Å². The predicted molar refractivity (Wildman–Crippen MR) is 53.2 cm³/mol. The van der Waals surface area contributed by atoms with E-state index in [-0.39, 0.29) is 12.0 Å². The smallest absolute Gasteiger partial charge is 0.312 e.